The Morgan fingerprint density at radius 2 is 1.88 bits per heavy atom. The Morgan fingerprint density at radius 1 is 1.15 bits per heavy atom. The maximum atomic E-state index is 12.8. The fourth-order valence-corrected chi connectivity index (χ4v) is 3.41. The van der Waals surface area contributed by atoms with Crippen LogP contribution >= 0.6 is 23.2 Å². The van der Waals surface area contributed by atoms with E-state index in [-0.39, 0.29) is 23.0 Å². The second-order valence-electron chi connectivity index (χ2n) is 6.32. The highest BCUT2D eigenvalue weighted by molar-refractivity contribution is 6.42. The van der Waals surface area contributed by atoms with Gasteiger partial charge in [0.15, 0.2) is 0 Å². The van der Waals surface area contributed by atoms with E-state index in [1.807, 2.05) is 12.1 Å². The third-order valence-corrected chi connectivity index (χ3v) is 5.11. The molecule has 2 N–H and O–H groups in total. The molecule has 0 aliphatic carbocycles. The van der Waals surface area contributed by atoms with Crippen LogP contribution < -0.4 is 0 Å². The molecule has 1 amide bonds. The summed E-state index contributed by atoms with van der Waals surface area (Å²) in [6, 6.07) is 9.72. The van der Waals surface area contributed by atoms with Crippen LogP contribution in [0.2, 0.25) is 10.0 Å². The topological polar surface area (TPSA) is 70.0 Å². The van der Waals surface area contributed by atoms with E-state index in [2.05, 4.69) is 0 Å². The van der Waals surface area contributed by atoms with Gasteiger partial charge in [0.2, 0.25) is 0 Å². The van der Waals surface area contributed by atoms with E-state index in [0.717, 1.165) is 5.56 Å². The lowest BCUT2D eigenvalue weighted by Crippen LogP contribution is -2.36. The lowest BCUT2D eigenvalue weighted by molar-refractivity contribution is 0.0731. The number of carbonyl (C=O) groups excluding carboxylic acids is 1. The Balaban J connectivity index is 1.76. The number of amides is 1. The van der Waals surface area contributed by atoms with Gasteiger partial charge in [0.25, 0.3) is 5.91 Å². The van der Waals surface area contributed by atoms with E-state index in [1.54, 1.807) is 11.0 Å². The Hall–Kier alpha value is -1.95. The van der Waals surface area contributed by atoms with Crippen molar-refractivity contribution in [2.45, 2.75) is 6.42 Å². The predicted molar refractivity (Wildman–Crippen MR) is 100 cm³/mol. The van der Waals surface area contributed by atoms with Gasteiger partial charge in [-0.3, -0.25) is 4.79 Å². The number of halogens is 2. The van der Waals surface area contributed by atoms with Gasteiger partial charge in [0.05, 0.1) is 23.3 Å². The fraction of sp³-hybridized carbons (Fsp3) is 0.316. The largest absolute Gasteiger partial charge is 0.507 e. The molecule has 0 saturated carbocycles. The van der Waals surface area contributed by atoms with Crippen molar-refractivity contribution in [2.24, 2.45) is 5.92 Å². The molecule has 0 radical (unpaired) electrons. The second kappa shape index (κ2) is 8.16. The number of aromatic hydroxyl groups is 2. The Kier molecular flexibility index (Phi) is 5.91. The van der Waals surface area contributed by atoms with Crippen molar-refractivity contribution >= 4 is 29.1 Å². The molecule has 26 heavy (non-hydrogen) atoms. The lowest BCUT2D eigenvalue weighted by atomic mass is 9.99. The van der Waals surface area contributed by atoms with Crippen molar-refractivity contribution in [3.63, 3.8) is 0 Å². The number of benzene rings is 2. The normalized spacial score (nSPS) is 17.8. The number of nitrogens with zero attached hydrogens (tertiary/aromatic N) is 1. The highest BCUT2D eigenvalue weighted by Gasteiger charge is 2.27. The molecule has 0 bridgehead atoms. The minimum absolute atomic E-state index is 0.0618. The second-order valence-corrected chi connectivity index (χ2v) is 7.13. The zero-order valence-electron chi connectivity index (χ0n) is 14.0. The van der Waals surface area contributed by atoms with Crippen LogP contribution in [0.5, 0.6) is 11.5 Å². The van der Waals surface area contributed by atoms with Gasteiger partial charge < -0.3 is 19.8 Å². The van der Waals surface area contributed by atoms with Crippen molar-refractivity contribution in [3.05, 3.63) is 57.6 Å². The van der Waals surface area contributed by atoms with Crippen molar-refractivity contribution in [1.82, 2.24) is 4.90 Å². The lowest BCUT2D eigenvalue weighted by Gasteiger charge is -2.24. The smallest absolute Gasteiger partial charge is 0.261 e. The van der Waals surface area contributed by atoms with Gasteiger partial charge in [-0.2, -0.15) is 0 Å². The summed E-state index contributed by atoms with van der Waals surface area (Å²) in [4.78, 5) is 14.4. The van der Waals surface area contributed by atoms with Crippen LogP contribution in [0.3, 0.4) is 0 Å². The quantitative estimate of drug-likeness (QED) is 0.830. The SMILES string of the molecule is O=C(c1c(O)cccc1O)N1CCOCC(Cc2ccc(Cl)c(Cl)c2)C1. The number of phenolic OH excluding ortho intramolecular Hbond substituents is 2. The molecular weight excluding hydrogens is 377 g/mol. The molecule has 1 fully saturated rings. The van der Waals surface area contributed by atoms with Crippen LogP contribution in [-0.2, 0) is 11.2 Å². The number of carbonyl (C=O) groups is 1. The molecule has 1 unspecified atom stereocenters. The Bertz CT molecular complexity index is 792. The molecule has 2 aromatic carbocycles. The summed E-state index contributed by atoms with van der Waals surface area (Å²) in [7, 11) is 0. The Labute approximate surface area is 161 Å². The first kappa shape index (κ1) is 18.8. The van der Waals surface area contributed by atoms with Crippen LogP contribution in [0.1, 0.15) is 15.9 Å². The predicted octanol–water partition coefficient (Wildman–Crippen LogP) is 3.74. The van der Waals surface area contributed by atoms with Crippen LogP contribution in [0.15, 0.2) is 36.4 Å². The molecule has 1 saturated heterocycles. The molecule has 1 heterocycles. The first-order valence-corrected chi connectivity index (χ1v) is 9.03. The molecule has 0 aromatic heterocycles. The van der Waals surface area contributed by atoms with Gasteiger partial charge in [-0.05, 0) is 36.2 Å². The van der Waals surface area contributed by atoms with Crippen LogP contribution in [0, 0.1) is 5.92 Å². The first-order valence-electron chi connectivity index (χ1n) is 8.27. The van der Waals surface area contributed by atoms with Gasteiger partial charge >= 0.3 is 0 Å². The average Bonchev–Trinajstić information content (AvgIpc) is 2.83. The zero-order chi connectivity index (χ0) is 18.7. The molecule has 3 rings (SSSR count). The summed E-state index contributed by atoms with van der Waals surface area (Å²) >= 11 is 12.0. The van der Waals surface area contributed by atoms with Crippen molar-refractivity contribution < 1.29 is 19.7 Å². The monoisotopic (exact) mass is 395 g/mol. The molecule has 5 nitrogen and oxygen atoms in total. The van der Waals surface area contributed by atoms with E-state index in [4.69, 9.17) is 27.9 Å². The summed E-state index contributed by atoms with van der Waals surface area (Å²) in [5.41, 5.74) is 0.926. The maximum Gasteiger partial charge on any atom is 0.261 e. The third kappa shape index (κ3) is 4.23. The summed E-state index contributed by atoms with van der Waals surface area (Å²) in [5.74, 6) is -0.820. The number of hydrogen-bond acceptors (Lipinski definition) is 4. The van der Waals surface area contributed by atoms with Gasteiger partial charge in [0, 0.05) is 19.0 Å². The molecule has 1 atom stereocenters. The fourth-order valence-electron chi connectivity index (χ4n) is 3.09. The minimum Gasteiger partial charge on any atom is -0.507 e. The molecular formula is C19H19Cl2NO4. The van der Waals surface area contributed by atoms with Gasteiger partial charge in [-0.1, -0.05) is 35.3 Å². The summed E-state index contributed by atoms with van der Waals surface area (Å²) in [6.07, 6.45) is 0.674. The van der Waals surface area contributed by atoms with Gasteiger partial charge in [-0.25, -0.2) is 0 Å². The minimum atomic E-state index is -0.412. The van der Waals surface area contributed by atoms with E-state index in [9.17, 15) is 15.0 Å². The molecule has 2 aromatic rings. The molecule has 1 aliphatic heterocycles. The van der Waals surface area contributed by atoms with Crippen molar-refractivity contribution in [1.29, 1.82) is 0 Å². The zero-order valence-corrected chi connectivity index (χ0v) is 15.5. The van der Waals surface area contributed by atoms with Gasteiger partial charge in [0.1, 0.15) is 17.1 Å². The average molecular weight is 396 g/mol. The standard InChI is InChI=1S/C19H19Cl2NO4/c20-14-5-4-12(9-15(14)21)8-13-10-22(6-7-26-11-13)19(25)18-16(23)2-1-3-17(18)24/h1-5,9,13,23-24H,6-8,10-11H2. The van der Waals surface area contributed by atoms with Gasteiger partial charge in [-0.15, -0.1) is 0 Å². The number of hydrogen-bond donors (Lipinski definition) is 2. The summed E-state index contributed by atoms with van der Waals surface area (Å²) in [5, 5.41) is 20.9. The third-order valence-electron chi connectivity index (χ3n) is 4.37. The van der Waals surface area contributed by atoms with Crippen LogP contribution in [0.4, 0.5) is 0 Å². The number of ether oxygens (including phenoxy) is 1. The molecule has 0 spiro atoms. The number of rotatable bonds is 3. The number of phenols is 2. The van der Waals surface area contributed by atoms with E-state index in [1.165, 1.54) is 18.2 Å². The van der Waals surface area contributed by atoms with Crippen LogP contribution in [0.25, 0.3) is 0 Å². The molecule has 7 heteroatoms. The van der Waals surface area contributed by atoms with Crippen molar-refractivity contribution in [2.75, 3.05) is 26.3 Å². The molecule has 138 valence electrons. The van der Waals surface area contributed by atoms with Crippen LogP contribution in [-0.4, -0.2) is 47.3 Å². The molecule has 1 aliphatic rings. The summed E-state index contributed by atoms with van der Waals surface area (Å²) in [6.45, 7) is 1.76. The van der Waals surface area contributed by atoms with E-state index >= 15 is 0 Å². The highest BCUT2D eigenvalue weighted by Crippen LogP contribution is 2.29. The Morgan fingerprint density at radius 3 is 2.58 bits per heavy atom. The highest BCUT2D eigenvalue weighted by atomic mass is 35.5. The summed E-state index contributed by atoms with van der Waals surface area (Å²) < 4.78 is 5.63. The van der Waals surface area contributed by atoms with E-state index in [0.29, 0.717) is 42.8 Å². The first-order chi connectivity index (χ1) is 12.5. The van der Waals surface area contributed by atoms with E-state index < -0.39 is 5.91 Å². The van der Waals surface area contributed by atoms with Crippen molar-refractivity contribution in [3.8, 4) is 11.5 Å². The maximum absolute atomic E-state index is 12.8.